The molecular weight excluding hydrogens is 649 g/mol. The van der Waals surface area contributed by atoms with Crippen molar-refractivity contribution in [2.45, 2.75) is 117 Å². The molecule has 0 atom stereocenters. The Bertz CT molecular complexity index is 1700. The Labute approximate surface area is 328 Å². The van der Waals surface area contributed by atoms with Crippen LogP contribution in [0, 0.1) is 35.5 Å². The second kappa shape index (κ2) is 25.7. The summed E-state index contributed by atoms with van der Waals surface area (Å²) in [6.45, 7) is 6.73. The maximum atomic E-state index is 3.34. The van der Waals surface area contributed by atoms with E-state index in [4.69, 9.17) is 0 Å². The maximum absolute atomic E-state index is 3.34. The fourth-order valence-corrected chi connectivity index (χ4v) is 6.02. The monoisotopic (exact) mass is 708 g/mol. The predicted octanol–water partition coefficient (Wildman–Crippen LogP) is 15.2. The lowest BCUT2D eigenvalue weighted by molar-refractivity contribution is 0.679. The van der Waals surface area contributed by atoms with Crippen molar-refractivity contribution in [1.82, 2.24) is 0 Å². The molecular formula is C54H60. The number of rotatable bonds is 18. The van der Waals surface area contributed by atoms with Gasteiger partial charge in [-0.05, 0) is 107 Å². The molecule has 4 aromatic carbocycles. The van der Waals surface area contributed by atoms with E-state index in [9.17, 15) is 0 Å². The minimum Gasteiger partial charge on any atom is -0.0979 e. The molecule has 0 N–H and O–H groups in total. The summed E-state index contributed by atoms with van der Waals surface area (Å²) in [5, 5.41) is 0. The molecule has 0 fully saturated rings. The van der Waals surface area contributed by atoms with Crippen molar-refractivity contribution in [3.8, 4) is 35.5 Å². The molecule has 0 heteroatoms. The van der Waals surface area contributed by atoms with Crippen molar-refractivity contribution in [2.24, 2.45) is 0 Å². The molecule has 0 radical (unpaired) electrons. The molecule has 54 heavy (non-hydrogen) atoms. The van der Waals surface area contributed by atoms with E-state index >= 15 is 0 Å². The summed E-state index contributed by atoms with van der Waals surface area (Å²) in [4.78, 5) is 0. The van der Waals surface area contributed by atoms with Gasteiger partial charge in [-0.1, -0.05) is 187 Å². The molecule has 0 spiro atoms. The molecule has 4 aromatic rings. The Kier molecular flexibility index (Phi) is 19.8. The van der Waals surface area contributed by atoms with Crippen LogP contribution in [0.3, 0.4) is 0 Å². The highest BCUT2D eigenvalue weighted by atomic mass is 14.0. The van der Waals surface area contributed by atoms with Crippen LogP contribution in [0.5, 0.6) is 0 Å². The zero-order valence-electron chi connectivity index (χ0n) is 33.2. The van der Waals surface area contributed by atoms with Gasteiger partial charge in [-0.15, -0.1) is 0 Å². The van der Waals surface area contributed by atoms with E-state index in [1.807, 2.05) is 0 Å². The molecule has 0 amide bonds. The fourth-order valence-electron chi connectivity index (χ4n) is 6.02. The zero-order chi connectivity index (χ0) is 37.9. The molecule has 0 unspecified atom stereocenters. The Morgan fingerprint density at radius 3 is 0.833 bits per heavy atom. The van der Waals surface area contributed by atoms with Crippen LogP contribution >= 0.6 is 0 Å². The summed E-state index contributed by atoms with van der Waals surface area (Å²) in [5.74, 6) is 20.0. The Morgan fingerprint density at radius 1 is 0.315 bits per heavy atom. The third-order valence-electron chi connectivity index (χ3n) is 9.30. The molecule has 4 rings (SSSR count). The average Bonchev–Trinajstić information content (AvgIpc) is 3.21. The maximum Gasteiger partial charge on any atom is 0.0245 e. The molecule has 0 aromatic heterocycles. The van der Waals surface area contributed by atoms with Crippen molar-refractivity contribution in [1.29, 1.82) is 0 Å². The molecule has 0 aliphatic rings. The first-order chi connectivity index (χ1) is 26.6. The summed E-state index contributed by atoms with van der Waals surface area (Å²) >= 11 is 0. The van der Waals surface area contributed by atoms with Gasteiger partial charge in [-0.2, -0.15) is 0 Å². The van der Waals surface area contributed by atoms with Gasteiger partial charge >= 0.3 is 0 Å². The number of hydrogen-bond acceptors (Lipinski definition) is 0. The third-order valence-corrected chi connectivity index (χ3v) is 9.30. The summed E-state index contributed by atoms with van der Waals surface area (Å²) in [6.07, 6.45) is 31.1. The highest BCUT2D eigenvalue weighted by Crippen LogP contribution is 2.20. The van der Waals surface area contributed by atoms with Crippen molar-refractivity contribution in [3.63, 3.8) is 0 Å². The van der Waals surface area contributed by atoms with Crippen LogP contribution in [-0.4, -0.2) is 0 Å². The van der Waals surface area contributed by atoms with Crippen molar-refractivity contribution >= 4 is 36.5 Å². The van der Waals surface area contributed by atoms with E-state index in [-0.39, 0.29) is 0 Å². The molecule has 0 nitrogen and oxygen atoms in total. The second-order valence-electron chi connectivity index (χ2n) is 14.1. The lowest BCUT2D eigenvalue weighted by atomic mass is 10.0. The summed E-state index contributed by atoms with van der Waals surface area (Å²) in [7, 11) is 0. The zero-order valence-corrected chi connectivity index (χ0v) is 33.2. The van der Waals surface area contributed by atoms with Crippen LogP contribution in [0.2, 0.25) is 0 Å². The molecule has 0 saturated heterocycles. The van der Waals surface area contributed by atoms with Crippen LogP contribution in [-0.2, 0) is 0 Å². The largest absolute Gasteiger partial charge is 0.0979 e. The average molecular weight is 709 g/mol. The number of hydrogen-bond donors (Lipinski definition) is 0. The smallest absolute Gasteiger partial charge is 0.0245 e. The highest BCUT2D eigenvalue weighted by Gasteiger charge is 1.99. The SMILES string of the molecule is CCCCCCC#Cc1ccc(/C=C/c2cc(/C=C/c3ccc(C#CCCCCCC)cc3)cc(/C=C/c3ccc(C#CCCCCCC)cc3)c2)cc1. The van der Waals surface area contributed by atoms with E-state index in [1.165, 1.54) is 77.0 Å². The van der Waals surface area contributed by atoms with Crippen LogP contribution < -0.4 is 0 Å². The van der Waals surface area contributed by atoms with Crippen molar-refractivity contribution < 1.29 is 0 Å². The molecule has 0 saturated carbocycles. The third kappa shape index (κ3) is 17.1. The first kappa shape index (κ1) is 41.5. The highest BCUT2D eigenvalue weighted by molar-refractivity contribution is 5.79. The number of benzene rings is 4. The summed E-state index contributed by atoms with van der Waals surface area (Å²) in [5.41, 5.74) is 10.2. The van der Waals surface area contributed by atoms with Crippen LogP contribution in [0.25, 0.3) is 36.5 Å². The summed E-state index contributed by atoms with van der Waals surface area (Å²) < 4.78 is 0. The Balaban J connectivity index is 1.48. The van der Waals surface area contributed by atoms with Gasteiger partial charge in [0.25, 0.3) is 0 Å². The minimum atomic E-state index is 0.974. The predicted molar refractivity (Wildman–Crippen MR) is 239 cm³/mol. The van der Waals surface area contributed by atoms with Crippen molar-refractivity contribution in [2.75, 3.05) is 0 Å². The van der Waals surface area contributed by atoms with Crippen molar-refractivity contribution in [3.05, 3.63) is 141 Å². The normalized spacial score (nSPS) is 10.9. The van der Waals surface area contributed by atoms with Crippen LogP contribution in [0.15, 0.2) is 91.0 Å². The van der Waals surface area contributed by atoms with E-state index in [1.54, 1.807) is 0 Å². The quantitative estimate of drug-likeness (QED) is 0.0548. The molecule has 0 bridgehead atoms. The fraction of sp³-hybridized carbons (Fsp3) is 0.333. The lowest BCUT2D eigenvalue weighted by Crippen LogP contribution is -1.83. The van der Waals surface area contributed by atoms with Gasteiger partial charge in [-0.3, -0.25) is 0 Å². The lowest BCUT2D eigenvalue weighted by Gasteiger charge is -2.04. The molecule has 276 valence electrons. The summed E-state index contributed by atoms with van der Waals surface area (Å²) in [6, 6.07) is 32.4. The van der Waals surface area contributed by atoms with Gasteiger partial charge in [0.15, 0.2) is 0 Å². The minimum absolute atomic E-state index is 0.974. The van der Waals surface area contributed by atoms with Gasteiger partial charge in [0, 0.05) is 36.0 Å². The van der Waals surface area contributed by atoms with E-state index in [2.05, 4.69) is 184 Å². The Morgan fingerprint density at radius 2 is 0.574 bits per heavy atom. The first-order valence-electron chi connectivity index (χ1n) is 20.6. The first-order valence-corrected chi connectivity index (χ1v) is 20.6. The van der Waals surface area contributed by atoms with Crippen LogP contribution in [0.4, 0.5) is 0 Å². The molecule has 0 aliphatic carbocycles. The number of unbranched alkanes of at least 4 members (excludes halogenated alkanes) is 12. The van der Waals surface area contributed by atoms with E-state index in [0.29, 0.717) is 0 Å². The van der Waals surface area contributed by atoms with Gasteiger partial charge in [0.05, 0.1) is 0 Å². The topological polar surface area (TPSA) is 0 Å². The Hall–Kier alpha value is -5.22. The van der Waals surface area contributed by atoms with Gasteiger partial charge in [0.1, 0.15) is 0 Å². The van der Waals surface area contributed by atoms with Gasteiger partial charge in [0.2, 0.25) is 0 Å². The van der Waals surface area contributed by atoms with E-state index in [0.717, 1.165) is 69.3 Å². The second-order valence-corrected chi connectivity index (χ2v) is 14.1. The standard InChI is InChI=1S/C54H60/c1-4-7-10-13-16-19-22-46-25-31-49(32-26-46)37-40-52-43-53(41-38-50-33-27-47(28-34-50)23-20-17-14-11-8-5-2)45-54(44-52)42-39-51-35-29-48(30-36-51)24-21-18-15-12-9-6-3/h25-45H,4-18H2,1-3H3/b40-37+,41-38+,42-39+. The van der Waals surface area contributed by atoms with Gasteiger partial charge in [-0.25, -0.2) is 0 Å². The van der Waals surface area contributed by atoms with Crippen LogP contribution in [0.1, 0.15) is 167 Å². The molecule has 0 heterocycles. The van der Waals surface area contributed by atoms with Gasteiger partial charge < -0.3 is 0 Å². The molecule has 0 aliphatic heterocycles. The van der Waals surface area contributed by atoms with E-state index < -0.39 is 0 Å².